The zero-order valence-corrected chi connectivity index (χ0v) is 15.5. The second kappa shape index (κ2) is 7.32. The summed E-state index contributed by atoms with van der Waals surface area (Å²) < 4.78 is 9.96. The number of rotatable bonds is 4. The summed E-state index contributed by atoms with van der Waals surface area (Å²) in [6.45, 7) is 5.98. The fraction of sp³-hybridized carbons (Fsp3) is 0.500. The highest BCUT2D eigenvalue weighted by Gasteiger charge is 2.24. The monoisotopic (exact) mass is 366 g/mol. The van der Waals surface area contributed by atoms with Gasteiger partial charge in [0.05, 0.1) is 18.5 Å². The Morgan fingerprint density at radius 3 is 3.00 bits per heavy atom. The molecule has 0 aromatic carbocycles. The summed E-state index contributed by atoms with van der Waals surface area (Å²) >= 11 is 0. The second-order valence-electron chi connectivity index (χ2n) is 7.52. The van der Waals surface area contributed by atoms with E-state index in [9.17, 15) is 0 Å². The summed E-state index contributed by atoms with van der Waals surface area (Å²) in [7, 11) is 0. The summed E-state index contributed by atoms with van der Waals surface area (Å²) in [5, 5.41) is 8.31. The zero-order chi connectivity index (χ0) is 18.1. The van der Waals surface area contributed by atoms with Crippen molar-refractivity contribution in [1.82, 2.24) is 29.5 Å². The molecule has 1 saturated heterocycles. The average Bonchev–Trinajstić information content (AvgIpc) is 3.42. The maximum Gasteiger partial charge on any atom is 0.160 e. The van der Waals surface area contributed by atoms with Crippen LogP contribution in [0.15, 0.2) is 41.3 Å². The van der Waals surface area contributed by atoms with Gasteiger partial charge in [-0.3, -0.25) is 9.58 Å². The Bertz CT molecular complexity index is 849. The minimum Gasteiger partial charge on any atom is -0.468 e. The highest BCUT2D eigenvalue weighted by atomic mass is 16.3. The van der Waals surface area contributed by atoms with E-state index in [4.69, 9.17) is 9.52 Å². The average molecular weight is 366 g/mol. The van der Waals surface area contributed by atoms with E-state index < -0.39 is 0 Å². The summed E-state index contributed by atoms with van der Waals surface area (Å²) in [6.07, 6.45) is 9.15. The Kier molecular flexibility index (Phi) is 4.55. The maximum atomic E-state index is 5.49. The third-order valence-corrected chi connectivity index (χ3v) is 5.70. The second-order valence-corrected chi connectivity index (χ2v) is 7.52. The minimum atomic E-state index is 0.481. The van der Waals surface area contributed by atoms with Crippen LogP contribution in [-0.2, 0) is 19.6 Å². The number of fused-ring (bicyclic) bond motifs is 1. The van der Waals surface area contributed by atoms with Gasteiger partial charge in [-0.15, -0.1) is 0 Å². The maximum absolute atomic E-state index is 5.49. The van der Waals surface area contributed by atoms with Gasteiger partial charge in [0.2, 0.25) is 0 Å². The lowest BCUT2D eigenvalue weighted by Crippen LogP contribution is -2.34. The molecule has 3 aromatic heterocycles. The van der Waals surface area contributed by atoms with Crippen molar-refractivity contribution in [3.8, 4) is 11.5 Å². The SMILES string of the molecule is c1coc(CN2CCC(n3ccnc3-c3cc4n(n3)CCCNC4)CC2)c1. The lowest BCUT2D eigenvalue weighted by Gasteiger charge is -2.32. The van der Waals surface area contributed by atoms with Gasteiger partial charge in [-0.1, -0.05) is 0 Å². The van der Waals surface area contributed by atoms with Crippen molar-refractivity contribution in [3.63, 3.8) is 0 Å². The van der Waals surface area contributed by atoms with E-state index in [1.165, 1.54) is 5.69 Å². The van der Waals surface area contributed by atoms with E-state index in [0.717, 1.165) is 75.8 Å². The first kappa shape index (κ1) is 16.8. The number of aryl methyl sites for hydroxylation is 1. The molecule has 0 atom stereocenters. The van der Waals surface area contributed by atoms with Crippen LogP contribution in [-0.4, -0.2) is 43.9 Å². The molecule has 1 fully saturated rings. The summed E-state index contributed by atoms with van der Waals surface area (Å²) in [5.41, 5.74) is 2.25. The number of hydrogen-bond donors (Lipinski definition) is 1. The molecule has 142 valence electrons. The number of hydrogen-bond acceptors (Lipinski definition) is 5. The first-order chi connectivity index (χ1) is 13.4. The summed E-state index contributed by atoms with van der Waals surface area (Å²) in [5.74, 6) is 2.05. The van der Waals surface area contributed by atoms with Crippen LogP contribution in [0, 0.1) is 0 Å². The van der Waals surface area contributed by atoms with E-state index in [0.29, 0.717) is 6.04 Å². The third-order valence-electron chi connectivity index (χ3n) is 5.70. The number of nitrogens with zero attached hydrogens (tertiary/aromatic N) is 5. The lowest BCUT2D eigenvalue weighted by atomic mass is 10.0. The van der Waals surface area contributed by atoms with Gasteiger partial charge in [0.25, 0.3) is 0 Å². The third kappa shape index (κ3) is 3.44. The number of piperidine rings is 1. The van der Waals surface area contributed by atoms with Crippen molar-refractivity contribution in [2.75, 3.05) is 19.6 Å². The first-order valence-electron chi connectivity index (χ1n) is 9.92. The molecule has 0 saturated carbocycles. The lowest BCUT2D eigenvalue weighted by molar-refractivity contribution is 0.169. The van der Waals surface area contributed by atoms with Gasteiger partial charge in [0.15, 0.2) is 5.82 Å². The van der Waals surface area contributed by atoms with Crippen LogP contribution in [0.25, 0.3) is 11.5 Å². The van der Waals surface area contributed by atoms with Crippen molar-refractivity contribution in [3.05, 3.63) is 48.3 Å². The fourth-order valence-corrected chi connectivity index (χ4v) is 4.26. The van der Waals surface area contributed by atoms with E-state index in [2.05, 4.69) is 42.8 Å². The molecule has 5 rings (SSSR count). The van der Waals surface area contributed by atoms with Gasteiger partial charge in [-0.2, -0.15) is 5.10 Å². The molecule has 2 aliphatic heterocycles. The number of likely N-dealkylation sites (tertiary alicyclic amines) is 1. The molecule has 0 spiro atoms. The summed E-state index contributed by atoms with van der Waals surface area (Å²) in [6, 6.07) is 6.69. The quantitative estimate of drug-likeness (QED) is 0.769. The molecule has 3 aromatic rings. The Morgan fingerprint density at radius 1 is 1.22 bits per heavy atom. The molecule has 1 N–H and O–H groups in total. The minimum absolute atomic E-state index is 0.481. The van der Waals surface area contributed by atoms with E-state index in [1.54, 1.807) is 6.26 Å². The highest BCUT2D eigenvalue weighted by molar-refractivity contribution is 5.50. The molecule has 7 nitrogen and oxygen atoms in total. The van der Waals surface area contributed by atoms with Crippen LogP contribution in [0.2, 0.25) is 0 Å². The van der Waals surface area contributed by atoms with Gasteiger partial charge in [-0.05, 0) is 44.0 Å². The largest absolute Gasteiger partial charge is 0.468 e. The predicted molar refractivity (Wildman–Crippen MR) is 102 cm³/mol. The highest BCUT2D eigenvalue weighted by Crippen LogP contribution is 2.29. The molecular weight excluding hydrogens is 340 g/mol. The molecular formula is C20H26N6O. The Labute approximate surface area is 159 Å². The molecule has 0 aliphatic carbocycles. The zero-order valence-electron chi connectivity index (χ0n) is 15.5. The van der Waals surface area contributed by atoms with Crippen molar-refractivity contribution in [2.24, 2.45) is 0 Å². The first-order valence-corrected chi connectivity index (χ1v) is 9.92. The number of aromatic nitrogens is 4. The van der Waals surface area contributed by atoms with Gasteiger partial charge >= 0.3 is 0 Å². The van der Waals surface area contributed by atoms with E-state index in [1.807, 2.05) is 12.3 Å². The Hall–Kier alpha value is -2.38. The molecule has 0 amide bonds. The fourth-order valence-electron chi connectivity index (χ4n) is 4.26. The number of imidazole rings is 1. The van der Waals surface area contributed by atoms with Crippen molar-refractivity contribution >= 4 is 0 Å². The number of nitrogens with one attached hydrogen (secondary N) is 1. The molecule has 0 unspecified atom stereocenters. The predicted octanol–water partition coefficient (Wildman–Crippen LogP) is 2.67. The molecule has 5 heterocycles. The Balaban J connectivity index is 1.30. The van der Waals surface area contributed by atoms with Crippen LogP contribution >= 0.6 is 0 Å². The van der Waals surface area contributed by atoms with Crippen molar-refractivity contribution < 1.29 is 4.42 Å². The van der Waals surface area contributed by atoms with Crippen LogP contribution in [0.3, 0.4) is 0 Å². The Morgan fingerprint density at radius 2 is 2.15 bits per heavy atom. The molecule has 27 heavy (non-hydrogen) atoms. The molecule has 7 heteroatoms. The van der Waals surface area contributed by atoms with E-state index >= 15 is 0 Å². The van der Waals surface area contributed by atoms with Crippen LogP contribution in [0.1, 0.15) is 36.8 Å². The van der Waals surface area contributed by atoms with Crippen LogP contribution in [0.4, 0.5) is 0 Å². The van der Waals surface area contributed by atoms with Crippen molar-refractivity contribution in [2.45, 2.75) is 44.9 Å². The smallest absolute Gasteiger partial charge is 0.160 e. The molecule has 0 radical (unpaired) electrons. The van der Waals surface area contributed by atoms with Crippen LogP contribution in [0.5, 0.6) is 0 Å². The molecule has 0 bridgehead atoms. The van der Waals surface area contributed by atoms with Crippen LogP contribution < -0.4 is 5.32 Å². The van der Waals surface area contributed by atoms with Gasteiger partial charge in [0.1, 0.15) is 11.5 Å². The molecule has 2 aliphatic rings. The standard InChI is InChI=1S/C20H26N6O/c1-3-18(27-12-1)15-24-9-4-16(5-10-24)25-11-7-22-20(25)19-13-17-14-21-6-2-8-26(17)23-19/h1,3,7,11-13,16,21H,2,4-6,8-10,14-15H2. The normalized spacial score (nSPS) is 19.1. The van der Waals surface area contributed by atoms with Gasteiger partial charge in [-0.25, -0.2) is 4.98 Å². The van der Waals surface area contributed by atoms with E-state index in [-0.39, 0.29) is 0 Å². The number of furan rings is 1. The van der Waals surface area contributed by atoms with Gasteiger partial charge in [0, 0.05) is 44.6 Å². The summed E-state index contributed by atoms with van der Waals surface area (Å²) in [4.78, 5) is 7.12. The van der Waals surface area contributed by atoms with Gasteiger partial charge < -0.3 is 14.3 Å². The van der Waals surface area contributed by atoms with Crippen molar-refractivity contribution in [1.29, 1.82) is 0 Å². The topological polar surface area (TPSA) is 64.0 Å².